The molecule has 0 aromatic carbocycles. The number of sulfonamides is 1. The molecule has 0 spiro atoms. The maximum absolute atomic E-state index is 13.5. The van der Waals surface area contributed by atoms with Crippen molar-refractivity contribution in [1.82, 2.24) is 19.1 Å². The van der Waals surface area contributed by atoms with Crippen molar-refractivity contribution in [2.75, 3.05) is 6.54 Å². The Morgan fingerprint density at radius 3 is 2.62 bits per heavy atom. The highest BCUT2D eigenvalue weighted by Crippen LogP contribution is 2.38. The summed E-state index contributed by atoms with van der Waals surface area (Å²) in [4.78, 5) is 3.99. The summed E-state index contributed by atoms with van der Waals surface area (Å²) < 4.78 is 68.7. The van der Waals surface area contributed by atoms with Crippen LogP contribution in [0.5, 0.6) is 0 Å². The number of aryl methyl sites for hydroxylation is 2. The fourth-order valence-electron chi connectivity index (χ4n) is 3.39. The van der Waals surface area contributed by atoms with Crippen molar-refractivity contribution >= 4 is 10.0 Å². The SMILES string of the molecule is Cc1nn(C)c(S(=O)(=O)N2CCCCC2c2ccc(F)cn2)c1C(F)F. The lowest BCUT2D eigenvalue weighted by Gasteiger charge is -2.34. The lowest BCUT2D eigenvalue weighted by atomic mass is 10.0. The molecule has 142 valence electrons. The van der Waals surface area contributed by atoms with Crippen LogP contribution in [-0.2, 0) is 17.1 Å². The summed E-state index contributed by atoms with van der Waals surface area (Å²) in [6.07, 6.45) is -0.0769. The second kappa shape index (κ2) is 6.99. The summed E-state index contributed by atoms with van der Waals surface area (Å²) >= 11 is 0. The van der Waals surface area contributed by atoms with Crippen LogP contribution < -0.4 is 0 Å². The normalized spacial score (nSPS) is 19.2. The molecule has 0 bridgehead atoms. The summed E-state index contributed by atoms with van der Waals surface area (Å²) in [5, 5.41) is 3.37. The molecule has 10 heteroatoms. The van der Waals surface area contributed by atoms with E-state index in [4.69, 9.17) is 0 Å². The largest absolute Gasteiger partial charge is 0.268 e. The van der Waals surface area contributed by atoms with Crippen LogP contribution in [0, 0.1) is 12.7 Å². The predicted molar refractivity (Wildman–Crippen MR) is 87.6 cm³/mol. The van der Waals surface area contributed by atoms with Gasteiger partial charge in [-0.25, -0.2) is 21.6 Å². The van der Waals surface area contributed by atoms with Gasteiger partial charge in [0.1, 0.15) is 5.82 Å². The van der Waals surface area contributed by atoms with Crippen molar-refractivity contribution in [3.8, 4) is 0 Å². The summed E-state index contributed by atoms with van der Waals surface area (Å²) in [5.74, 6) is -0.527. The second-order valence-corrected chi connectivity index (χ2v) is 8.06. The van der Waals surface area contributed by atoms with Crippen molar-refractivity contribution in [1.29, 1.82) is 0 Å². The molecule has 1 aliphatic heterocycles. The lowest BCUT2D eigenvalue weighted by Crippen LogP contribution is -2.40. The van der Waals surface area contributed by atoms with E-state index >= 15 is 0 Å². The standard InChI is InChI=1S/C16H19F3N4O2S/c1-10-14(15(18)19)16(22(2)21-10)26(24,25)23-8-4-3-5-13(23)12-7-6-11(17)9-20-12/h6-7,9,13,15H,3-5,8H2,1-2H3. The Balaban J connectivity index is 2.09. The molecule has 2 aromatic heterocycles. The van der Waals surface area contributed by atoms with Gasteiger partial charge in [-0.1, -0.05) is 6.42 Å². The van der Waals surface area contributed by atoms with Gasteiger partial charge in [-0.3, -0.25) is 9.67 Å². The minimum atomic E-state index is -4.23. The van der Waals surface area contributed by atoms with E-state index in [0.717, 1.165) is 17.3 Å². The number of halogens is 3. The van der Waals surface area contributed by atoms with E-state index < -0.39 is 38.9 Å². The average Bonchev–Trinajstić information content (AvgIpc) is 2.90. The van der Waals surface area contributed by atoms with Crippen LogP contribution in [0.15, 0.2) is 23.4 Å². The fourth-order valence-corrected chi connectivity index (χ4v) is 5.42. The number of nitrogens with zero attached hydrogens (tertiary/aromatic N) is 4. The molecule has 26 heavy (non-hydrogen) atoms. The van der Waals surface area contributed by atoms with Crippen molar-refractivity contribution in [2.45, 2.75) is 43.7 Å². The average molecular weight is 388 g/mol. The molecule has 1 saturated heterocycles. The Kier molecular flexibility index (Phi) is 5.07. The van der Waals surface area contributed by atoms with Gasteiger partial charge >= 0.3 is 0 Å². The predicted octanol–water partition coefficient (Wildman–Crippen LogP) is 3.12. The molecule has 0 aliphatic carbocycles. The molecule has 0 N–H and O–H groups in total. The lowest BCUT2D eigenvalue weighted by molar-refractivity contribution is 0.146. The van der Waals surface area contributed by atoms with Crippen LogP contribution in [0.2, 0.25) is 0 Å². The van der Waals surface area contributed by atoms with E-state index in [1.807, 2.05) is 0 Å². The van der Waals surface area contributed by atoms with Crippen molar-refractivity contribution in [3.05, 3.63) is 41.1 Å². The van der Waals surface area contributed by atoms with Gasteiger partial charge in [-0.15, -0.1) is 0 Å². The quantitative estimate of drug-likeness (QED) is 0.807. The second-order valence-electron chi connectivity index (χ2n) is 6.26. The van der Waals surface area contributed by atoms with E-state index in [1.165, 1.54) is 30.4 Å². The van der Waals surface area contributed by atoms with Gasteiger partial charge in [0.2, 0.25) is 0 Å². The highest BCUT2D eigenvalue weighted by molar-refractivity contribution is 7.89. The number of rotatable bonds is 4. The van der Waals surface area contributed by atoms with Crippen LogP contribution in [0.3, 0.4) is 0 Å². The van der Waals surface area contributed by atoms with E-state index in [1.54, 1.807) is 0 Å². The smallest absolute Gasteiger partial charge is 0.257 e. The van der Waals surface area contributed by atoms with Crippen molar-refractivity contribution in [2.24, 2.45) is 7.05 Å². The first-order valence-corrected chi connectivity index (χ1v) is 9.62. The number of piperidine rings is 1. The summed E-state index contributed by atoms with van der Waals surface area (Å²) in [6, 6.07) is 2.01. The molecular weight excluding hydrogens is 369 g/mol. The molecule has 1 fully saturated rings. The van der Waals surface area contributed by atoms with Gasteiger partial charge in [0.15, 0.2) is 5.03 Å². The van der Waals surface area contributed by atoms with Gasteiger partial charge in [0, 0.05) is 13.6 Å². The molecular formula is C16H19F3N4O2S. The summed E-state index contributed by atoms with van der Waals surface area (Å²) in [7, 11) is -2.90. The number of hydrogen-bond donors (Lipinski definition) is 0. The molecule has 0 radical (unpaired) electrons. The van der Waals surface area contributed by atoms with Gasteiger partial charge in [-0.05, 0) is 31.9 Å². The topological polar surface area (TPSA) is 68.1 Å². The molecule has 3 rings (SSSR count). The third-order valence-corrected chi connectivity index (χ3v) is 6.56. The molecule has 1 unspecified atom stereocenters. The molecule has 3 heterocycles. The fraction of sp³-hybridized carbons (Fsp3) is 0.500. The number of hydrogen-bond acceptors (Lipinski definition) is 4. The Morgan fingerprint density at radius 2 is 2.00 bits per heavy atom. The molecule has 6 nitrogen and oxygen atoms in total. The maximum Gasteiger partial charge on any atom is 0.268 e. The van der Waals surface area contributed by atoms with Gasteiger partial charge in [0.05, 0.1) is 29.2 Å². The zero-order valence-corrected chi connectivity index (χ0v) is 15.2. The third kappa shape index (κ3) is 3.23. The number of aromatic nitrogens is 3. The first-order valence-electron chi connectivity index (χ1n) is 8.18. The monoisotopic (exact) mass is 388 g/mol. The van der Waals surface area contributed by atoms with Crippen LogP contribution in [0.1, 0.15) is 48.7 Å². The number of pyridine rings is 1. The Bertz CT molecular complexity index is 897. The summed E-state index contributed by atoms with van der Waals surface area (Å²) in [6.45, 7) is 1.54. The zero-order valence-electron chi connectivity index (χ0n) is 14.4. The maximum atomic E-state index is 13.5. The molecule has 0 saturated carbocycles. The summed E-state index contributed by atoms with van der Waals surface area (Å²) in [5.41, 5.74) is -0.203. The van der Waals surface area contributed by atoms with Crippen LogP contribution in [0.4, 0.5) is 13.2 Å². The van der Waals surface area contributed by atoms with E-state index in [9.17, 15) is 21.6 Å². The van der Waals surface area contributed by atoms with Crippen molar-refractivity contribution in [3.63, 3.8) is 0 Å². The third-order valence-electron chi connectivity index (χ3n) is 4.53. The Hall–Kier alpha value is -1.94. The van der Waals surface area contributed by atoms with Crippen LogP contribution >= 0.6 is 0 Å². The van der Waals surface area contributed by atoms with Gasteiger partial charge < -0.3 is 0 Å². The molecule has 1 aliphatic rings. The minimum absolute atomic E-state index is 0.0189. The molecule has 2 aromatic rings. The Morgan fingerprint density at radius 1 is 1.27 bits per heavy atom. The van der Waals surface area contributed by atoms with E-state index in [0.29, 0.717) is 18.5 Å². The van der Waals surface area contributed by atoms with Gasteiger partial charge in [0.25, 0.3) is 16.4 Å². The van der Waals surface area contributed by atoms with Crippen molar-refractivity contribution < 1.29 is 21.6 Å². The zero-order chi connectivity index (χ0) is 19.1. The Labute approximate surface area is 149 Å². The van der Waals surface area contributed by atoms with Crippen LogP contribution in [-0.4, -0.2) is 34.0 Å². The number of alkyl halides is 2. The minimum Gasteiger partial charge on any atom is -0.257 e. The first-order chi connectivity index (χ1) is 12.2. The molecule has 0 amide bonds. The highest BCUT2D eigenvalue weighted by Gasteiger charge is 2.40. The van der Waals surface area contributed by atoms with Gasteiger partial charge in [-0.2, -0.15) is 9.40 Å². The highest BCUT2D eigenvalue weighted by atomic mass is 32.2. The molecule has 1 atom stereocenters. The first kappa shape index (κ1) is 18.8. The van der Waals surface area contributed by atoms with E-state index in [-0.39, 0.29) is 12.2 Å². The van der Waals surface area contributed by atoms with E-state index in [2.05, 4.69) is 10.1 Å². The van der Waals surface area contributed by atoms with Crippen LogP contribution in [0.25, 0.3) is 0 Å².